The van der Waals surface area contributed by atoms with Gasteiger partial charge in [-0.25, -0.2) is 8.42 Å². The number of hydrogen-bond acceptors (Lipinski definition) is 7. The summed E-state index contributed by atoms with van der Waals surface area (Å²) in [6.45, 7) is 6.90. The third-order valence-corrected chi connectivity index (χ3v) is 4.82. The van der Waals surface area contributed by atoms with Crippen LogP contribution >= 0.6 is 0 Å². The smallest absolute Gasteiger partial charge is 0.303 e. The number of H-pyrrole nitrogens is 1. The summed E-state index contributed by atoms with van der Waals surface area (Å²) in [5, 5.41) is 22.2. The van der Waals surface area contributed by atoms with Gasteiger partial charge in [0.2, 0.25) is 15.9 Å². The van der Waals surface area contributed by atoms with Crippen molar-refractivity contribution in [2.75, 3.05) is 5.75 Å². The highest BCUT2D eigenvalue weighted by Gasteiger charge is 2.39. The summed E-state index contributed by atoms with van der Waals surface area (Å²) in [6.07, 6.45) is -0.0495. The van der Waals surface area contributed by atoms with Crippen molar-refractivity contribution in [2.45, 2.75) is 52.4 Å². The summed E-state index contributed by atoms with van der Waals surface area (Å²) >= 11 is 0. The monoisotopic (exact) mass is 361 g/mol. The number of nitrogens with zero attached hydrogens (tertiary/aromatic N) is 3. The van der Waals surface area contributed by atoms with Crippen molar-refractivity contribution in [1.29, 1.82) is 0 Å². The van der Waals surface area contributed by atoms with Crippen LogP contribution in [0.2, 0.25) is 0 Å². The molecule has 0 bridgehead atoms. The Morgan fingerprint density at radius 3 is 2.38 bits per heavy atom. The van der Waals surface area contributed by atoms with Crippen molar-refractivity contribution in [3.63, 3.8) is 0 Å². The average Bonchev–Trinajstić information content (AvgIpc) is 2.90. The molecule has 1 heterocycles. The maximum atomic E-state index is 12.4. The molecule has 0 spiro atoms. The third-order valence-electron chi connectivity index (χ3n) is 3.50. The lowest BCUT2D eigenvalue weighted by Gasteiger charge is -2.31. The molecule has 0 aromatic carbocycles. The van der Waals surface area contributed by atoms with Crippen LogP contribution in [0.5, 0.6) is 0 Å². The Bertz CT molecular complexity index is 682. The average molecular weight is 361 g/mol. The standard InChI is InChI=1S/C13H23N5O5S/c1-12(2,10-14-17-18-15-10)8-13(3,4)11(21)16-24(22,23)7-5-6-9(19)20/h5-8H2,1-4H3,(H,16,21)(H,19,20)(H,14,15,17,18). The Hall–Kier alpha value is -2.04. The molecule has 1 amide bonds. The fraction of sp³-hybridized carbons (Fsp3) is 0.769. The van der Waals surface area contributed by atoms with Crippen molar-refractivity contribution in [1.82, 2.24) is 25.3 Å². The van der Waals surface area contributed by atoms with Gasteiger partial charge < -0.3 is 5.11 Å². The summed E-state index contributed by atoms with van der Waals surface area (Å²) in [5.74, 6) is -1.74. The molecule has 0 aliphatic heterocycles. The van der Waals surface area contributed by atoms with Crippen molar-refractivity contribution in [3.05, 3.63) is 5.82 Å². The molecule has 136 valence electrons. The lowest BCUT2D eigenvalue weighted by molar-refractivity contribution is -0.137. The third kappa shape index (κ3) is 5.87. The molecule has 11 heteroatoms. The number of carboxylic acid groups (broad SMARTS) is 1. The van der Waals surface area contributed by atoms with Gasteiger partial charge in [-0.15, -0.1) is 10.2 Å². The van der Waals surface area contributed by atoms with Crippen LogP contribution in [0.3, 0.4) is 0 Å². The van der Waals surface area contributed by atoms with Gasteiger partial charge >= 0.3 is 5.97 Å². The zero-order valence-corrected chi connectivity index (χ0v) is 15.0. The highest BCUT2D eigenvalue weighted by molar-refractivity contribution is 7.90. The molecule has 1 aromatic rings. The number of tetrazole rings is 1. The number of aromatic amines is 1. The predicted molar refractivity (Wildman–Crippen MR) is 84.4 cm³/mol. The summed E-state index contributed by atoms with van der Waals surface area (Å²) in [6, 6.07) is 0. The molecule has 0 aliphatic carbocycles. The van der Waals surface area contributed by atoms with Crippen molar-refractivity contribution in [3.8, 4) is 0 Å². The highest BCUT2D eigenvalue weighted by atomic mass is 32.2. The van der Waals surface area contributed by atoms with E-state index >= 15 is 0 Å². The quantitative estimate of drug-likeness (QED) is 0.563. The van der Waals surface area contributed by atoms with Crippen LogP contribution in [0, 0.1) is 5.41 Å². The van der Waals surface area contributed by atoms with Gasteiger partial charge in [0, 0.05) is 17.3 Å². The zero-order chi connectivity index (χ0) is 18.6. The van der Waals surface area contributed by atoms with Crippen molar-refractivity contribution in [2.24, 2.45) is 5.41 Å². The normalized spacial score (nSPS) is 12.8. The molecule has 0 fully saturated rings. The van der Waals surface area contributed by atoms with Crippen LogP contribution in [0.25, 0.3) is 0 Å². The largest absolute Gasteiger partial charge is 0.481 e. The van der Waals surface area contributed by atoms with E-state index < -0.39 is 38.5 Å². The SMILES string of the molecule is CC(C)(CC(C)(C)c1nn[nH]n1)C(=O)NS(=O)(=O)CCCC(=O)O. The maximum absolute atomic E-state index is 12.4. The molecule has 1 aromatic heterocycles. The molecule has 1 rings (SSSR count). The Morgan fingerprint density at radius 2 is 1.88 bits per heavy atom. The maximum Gasteiger partial charge on any atom is 0.303 e. The summed E-state index contributed by atoms with van der Waals surface area (Å²) in [4.78, 5) is 22.8. The van der Waals surface area contributed by atoms with E-state index in [1.807, 2.05) is 18.6 Å². The molecule has 0 radical (unpaired) electrons. The Kier molecular flexibility index (Phi) is 6.04. The van der Waals surface area contributed by atoms with Crippen LogP contribution in [0.15, 0.2) is 0 Å². The van der Waals surface area contributed by atoms with E-state index in [0.717, 1.165) is 0 Å². The minimum atomic E-state index is -3.88. The fourth-order valence-corrected chi connectivity index (χ4v) is 3.64. The number of nitrogens with one attached hydrogen (secondary N) is 2. The van der Waals surface area contributed by atoms with Gasteiger partial charge in [-0.1, -0.05) is 32.9 Å². The molecule has 0 saturated heterocycles. The number of aromatic nitrogens is 4. The van der Waals surface area contributed by atoms with Gasteiger partial charge in [0.15, 0.2) is 5.82 Å². The topological polar surface area (TPSA) is 155 Å². The summed E-state index contributed by atoms with van der Waals surface area (Å²) in [5.41, 5.74) is -1.61. The van der Waals surface area contributed by atoms with Crippen LogP contribution in [0.4, 0.5) is 0 Å². The molecular weight excluding hydrogens is 338 g/mol. The number of sulfonamides is 1. The highest BCUT2D eigenvalue weighted by Crippen LogP contribution is 2.34. The molecule has 0 aliphatic rings. The lowest BCUT2D eigenvalue weighted by Crippen LogP contribution is -2.44. The van der Waals surface area contributed by atoms with Gasteiger partial charge in [0.1, 0.15) is 0 Å². The molecule has 0 saturated carbocycles. The Labute approximate surface area is 140 Å². The first-order valence-corrected chi connectivity index (χ1v) is 9.02. The first-order chi connectivity index (χ1) is 10.9. The number of hydrogen-bond donors (Lipinski definition) is 3. The van der Waals surface area contributed by atoms with E-state index in [0.29, 0.717) is 5.82 Å². The van der Waals surface area contributed by atoms with Crippen LogP contribution in [-0.4, -0.2) is 51.8 Å². The number of carboxylic acids is 1. The minimum absolute atomic E-state index is 0.0628. The first-order valence-electron chi connectivity index (χ1n) is 7.36. The Balaban J connectivity index is 2.72. The van der Waals surface area contributed by atoms with Crippen LogP contribution in [0.1, 0.15) is 52.8 Å². The zero-order valence-electron chi connectivity index (χ0n) is 14.2. The van der Waals surface area contributed by atoms with Crippen LogP contribution < -0.4 is 4.72 Å². The van der Waals surface area contributed by atoms with Gasteiger partial charge in [-0.2, -0.15) is 5.21 Å². The predicted octanol–water partition coefficient (Wildman–Crippen LogP) is 0.204. The molecule has 3 N–H and O–H groups in total. The molecule has 10 nitrogen and oxygen atoms in total. The Morgan fingerprint density at radius 1 is 1.25 bits per heavy atom. The lowest BCUT2D eigenvalue weighted by atomic mass is 9.74. The van der Waals surface area contributed by atoms with Gasteiger partial charge in [-0.05, 0) is 12.8 Å². The fourth-order valence-electron chi connectivity index (χ4n) is 2.46. The van der Waals surface area contributed by atoms with E-state index in [-0.39, 0.29) is 19.3 Å². The number of amides is 1. The van der Waals surface area contributed by atoms with E-state index in [1.165, 1.54) is 0 Å². The van der Waals surface area contributed by atoms with Crippen molar-refractivity contribution < 1.29 is 23.1 Å². The number of rotatable bonds is 9. The first kappa shape index (κ1) is 20.0. The number of aliphatic carboxylic acids is 1. The molecule has 24 heavy (non-hydrogen) atoms. The van der Waals surface area contributed by atoms with E-state index in [2.05, 4.69) is 20.6 Å². The molecule has 0 unspecified atom stereocenters. The van der Waals surface area contributed by atoms with Gasteiger partial charge in [0.05, 0.1) is 5.75 Å². The molecular formula is C13H23N5O5S. The van der Waals surface area contributed by atoms with Gasteiger partial charge in [0.25, 0.3) is 0 Å². The van der Waals surface area contributed by atoms with Crippen molar-refractivity contribution >= 4 is 21.9 Å². The molecule has 0 atom stereocenters. The summed E-state index contributed by atoms with van der Waals surface area (Å²) in [7, 11) is -3.88. The minimum Gasteiger partial charge on any atom is -0.481 e. The second kappa shape index (κ2) is 7.24. The van der Waals surface area contributed by atoms with Crippen LogP contribution in [-0.2, 0) is 25.0 Å². The second-order valence-electron chi connectivity index (χ2n) is 6.93. The number of carbonyl (C=O) groups excluding carboxylic acids is 1. The number of carbonyl (C=O) groups is 2. The van der Waals surface area contributed by atoms with E-state index in [9.17, 15) is 18.0 Å². The van der Waals surface area contributed by atoms with E-state index in [1.54, 1.807) is 13.8 Å². The second-order valence-corrected chi connectivity index (χ2v) is 8.77. The van der Waals surface area contributed by atoms with E-state index in [4.69, 9.17) is 5.11 Å². The summed E-state index contributed by atoms with van der Waals surface area (Å²) < 4.78 is 25.8. The van der Waals surface area contributed by atoms with Gasteiger partial charge in [-0.3, -0.25) is 14.3 Å².